The number of carbonyl (C=O) groups excluding carboxylic acids is 4. The van der Waals surface area contributed by atoms with E-state index in [9.17, 15) is 19.2 Å². The third-order valence-corrected chi connectivity index (χ3v) is 5.94. The van der Waals surface area contributed by atoms with E-state index in [4.69, 9.17) is 27.9 Å². The minimum Gasteiger partial charge on any atom is -0.467 e. The number of ether oxygens (including phenoxy) is 1. The summed E-state index contributed by atoms with van der Waals surface area (Å²) in [6.45, 7) is 0. The van der Waals surface area contributed by atoms with Crippen LogP contribution in [0.2, 0.25) is 10.0 Å². The van der Waals surface area contributed by atoms with E-state index in [2.05, 4.69) is 16.0 Å². The monoisotopic (exact) mass is 491 g/mol. The lowest BCUT2D eigenvalue weighted by Gasteiger charge is -2.29. The third-order valence-electron chi connectivity index (χ3n) is 5.23. The van der Waals surface area contributed by atoms with Crippen molar-refractivity contribution in [3.63, 3.8) is 0 Å². The van der Waals surface area contributed by atoms with Crippen LogP contribution in [0.1, 0.15) is 17.5 Å². The van der Waals surface area contributed by atoms with E-state index in [1.165, 1.54) is 7.11 Å². The molecule has 0 saturated carbocycles. The zero-order valence-corrected chi connectivity index (χ0v) is 19.3. The lowest BCUT2D eigenvalue weighted by atomic mass is 10.0. The molecular formula is C23H23Cl2N3O5. The summed E-state index contributed by atoms with van der Waals surface area (Å²) in [7, 11) is 1.19. The first-order valence-electron chi connectivity index (χ1n) is 10.2. The second-order valence-electron chi connectivity index (χ2n) is 7.56. The van der Waals surface area contributed by atoms with Crippen LogP contribution >= 0.6 is 23.2 Å². The van der Waals surface area contributed by atoms with Crippen LogP contribution in [0, 0.1) is 0 Å². The summed E-state index contributed by atoms with van der Waals surface area (Å²) in [5.41, 5.74) is 1.37. The van der Waals surface area contributed by atoms with Crippen LogP contribution in [0.4, 0.5) is 0 Å². The second-order valence-corrected chi connectivity index (χ2v) is 8.38. The summed E-state index contributed by atoms with van der Waals surface area (Å²) in [6.07, 6.45) is -0.0149. The highest BCUT2D eigenvalue weighted by Crippen LogP contribution is 2.25. The molecule has 10 heteroatoms. The van der Waals surface area contributed by atoms with E-state index >= 15 is 0 Å². The molecule has 2 aromatic rings. The lowest BCUT2D eigenvalue weighted by molar-refractivity contribution is -0.145. The molecular weight excluding hydrogens is 469 g/mol. The molecule has 2 aromatic carbocycles. The Morgan fingerprint density at radius 3 is 2.21 bits per heavy atom. The van der Waals surface area contributed by atoms with Crippen LogP contribution in [-0.4, -0.2) is 48.9 Å². The van der Waals surface area contributed by atoms with Gasteiger partial charge < -0.3 is 20.7 Å². The van der Waals surface area contributed by atoms with Crippen LogP contribution < -0.4 is 16.0 Å². The molecule has 3 amide bonds. The third kappa shape index (κ3) is 6.46. The summed E-state index contributed by atoms with van der Waals surface area (Å²) in [6, 6.07) is 11.3. The van der Waals surface area contributed by atoms with Crippen LogP contribution in [-0.2, 0) is 36.8 Å². The number of hydrogen-bond donors (Lipinski definition) is 3. The largest absolute Gasteiger partial charge is 0.467 e. The van der Waals surface area contributed by atoms with E-state index < -0.39 is 35.9 Å². The quantitative estimate of drug-likeness (QED) is 0.487. The first kappa shape index (κ1) is 24.5. The van der Waals surface area contributed by atoms with Crippen molar-refractivity contribution >= 4 is 46.9 Å². The summed E-state index contributed by atoms with van der Waals surface area (Å²) in [5, 5.41) is 8.46. The van der Waals surface area contributed by atoms with Crippen molar-refractivity contribution in [3.05, 3.63) is 69.7 Å². The SMILES string of the molecule is COC(=O)[C@H](Cc1c(Cl)cccc1Cl)NC(=O)C[C@@H]1NC(=O)[C@H](Cc2ccccc2)NC1=O. The molecule has 1 saturated heterocycles. The molecule has 8 nitrogen and oxygen atoms in total. The van der Waals surface area contributed by atoms with Crippen molar-refractivity contribution < 1.29 is 23.9 Å². The van der Waals surface area contributed by atoms with Gasteiger partial charge in [0.2, 0.25) is 17.7 Å². The van der Waals surface area contributed by atoms with Gasteiger partial charge in [-0.25, -0.2) is 4.79 Å². The number of carbonyl (C=O) groups is 4. The Hall–Kier alpha value is -3.10. The average Bonchev–Trinajstić information content (AvgIpc) is 2.79. The van der Waals surface area contributed by atoms with Crippen molar-refractivity contribution in [2.24, 2.45) is 0 Å². The first-order chi connectivity index (χ1) is 15.8. The molecule has 0 aliphatic carbocycles. The highest BCUT2D eigenvalue weighted by Gasteiger charge is 2.35. The topological polar surface area (TPSA) is 114 Å². The highest BCUT2D eigenvalue weighted by molar-refractivity contribution is 6.36. The average molecular weight is 492 g/mol. The minimum absolute atomic E-state index is 0.000702. The molecule has 1 aliphatic heterocycles. The molecule has 1 fully saturated rings. The summed E-state index contributed by atoms with van der Waals surface area (Å²) in [5.74, 6) is -2.17. The molecule has 3 atom stereocenters. The van der Waals surface area contributed by atoms with Crippen LogP contribution in [0.25, 0.3) is 0 Å². The van der Waals surface area contributed by atoms with E-state index in [0.29, 0.717) is 22.0 Å². The molecule has 3 N–H and O–H groups in total. The molecule has 1 heterocycles. The summed E-state index contributed by atoms with van der Waals surface area (Å²) >= 11 is 12.3. The van der Waals surface area contributed by atoms with Gasteiger partial charge in [0.1, 0.15) is 18.1 Å². The maximum atomic E-state index is 12.6. The predicted molar refractivity (Wildman–Crippen MR) is 123 cm³/mol. The molecule has 33 heavy (non-hydrogen) atoms. The fourth-order valence-electron chi connectivity index (χ4n) is 3.52. The van der Waals surface area contributed by atoms with Gasteiger partial charge in [0.25, 0.3) is 0 Å². The normalized spacial score (nSPS) is 18.6. The molecule has 0 spiro atoms. The van der Waals surface area contributed by atoms with Gasteiger partial charge in [0, 0.05) is 22.9 Å². The number of hydrogen-bond acceptors (Lipinski definition) is 5. The molecule has 0 radical (unpaired) electrons. The number of nitrogens with one attached hydrogen (secondary N) is 3. The van der Waals surface area contributed by atoms with Crippen LogP contribution in [0.3, 0.4) is 0 Å². The van der Waals surface area contributed by atoms with Crippen molar-refractivity contribution in [2.75, 3.05) is 7.11 Å². The standard InChI is InChI=1S/C23H23Cl2N3O5/c1-33-23(32)19(11-14-15(24)8-5-9-16(14)25)26-20(29)12-18-22(31)27-17(21(30)28-18)10-13-6-3-2-4-7-13/h2-9,17-19H,10-12H2,1H3,(H,26,29)(H,27,31)(H,28,30)/t17-,18-,19-/m0/s1. The number of amides is 3. The van der Waals surface area contributed by atoms with Crippen molar-refractivity contribution in [1.82, 2.24) is 16.0 Å². The Bertz CT molecular complexity index is 1030. The zero-order chi connectivity index (χ0) is 24.0. The van der Waals surface area contributed by atoms with E-state index in [-0.39, 0.29) is 18.7 Å². The number of halogens is 2. The zero-order valence-electron chi connectivity index (χ0n) is 17.8. The number of esters is 1. The maximum absolute atomic E-state index is 12.6. The maximum Gasteiger partial charge on any atom is 0.328 e. The van der Waals surface area contributed by atoms with Gasteiger partial charge in [-0.15, -0.1) is 0 Å². The molecule has 0 unspecified atom stereocenters. The number of piperazine rings is 1. The Balaban J connectivity index is 1.61. The summed E-state index contributed by atoms with van der Waals surface area (Å²) < 4.78 is 4.78. The Kier molecular flexibility index (Phi) is 8.30. The van der Waals surface area contributed by atoms with Gasteiger partial charge in [0.05, 0.1) is 13.5 Å². The molecule has 1 aliphatic rings. The fourth-order valence-corrected chi connectivity index (χ4v) is 4.07. The van der Waals surface area contributed by atoms with Crippen molar-refractivity contribution in [1.29, 1.82) is 0 Å². The Morgan fingerprint density at radius 1 is 0.970 bits per heavy atom. The summed E-state index contributed by atoms with van der Waals surface area (Å²) in [4.78, 5) is 49.8. The van der Waals surface area contributed by atoms with Gasteiger partial charge in [-0.2, -0.15) is 0 Å². The number of benzene rings is 2. The minimum atomic E-state index is -1.08. The first-order valence-corrected chi connectivity index (χ1v) is 11.0. The van der Waals surface area contributed by atoms with E-state index in [1.54, 1.807) is 18.2 Å². The van der Waals surface area contributed by atoms with Gasteiger partial charge in [0.15, 0.2) is 0 Å². The molecule has 0 bridgehead atoms. The molecule has 0 aromatic heterocycles. The Labute approximate surface area is 201 Å². The molecule has 174 valence electrons. The number of methoxy groups -OCH3 is 1. The van der Waals surface area contributed by atoms with Crippen LogP contribution in [0.5, 0.6) is 0 Å². The van der Waals surface area contributed by atoms with Gasteiger partial charge in [-0.3, -0.25) is 14.4 Å². The van der Waals surface area contributed by atoms with Gasteiger partial charge in [-0.05, 0) is 23.3 Å². The predicted octanol–water partition coefficient (Wildman–Crippen LogP) is 1.81. The second kappa shape index (κ2) is 11.2. The van der Waals surface area contributed by atoms with Gasteiger partial charge >= 0.3 is 5.97 Å². The highest BCUT2D eigenvalue weighted by atomic mass is 35.5. The van der Waals surface area contributed by atoms with E-state index in [0.717, 1.165) is 5.56 Å². The fraction of sp³-hybridized carbons (Fsp3) is 0.304. The van der Waals surface area contributed by atoms with E-state index in [1.807, 2.05) is 30.3 Å². The lowest BCUT2D eigenvalue weighted by Crippen LogP contribution is -2.63. The smallest absolute Gasteiger partial charge is 0.328 e. The van der Waals surface area contributed by atoms with Crippen molar-refractivity contribution in [2.45, 2.75) is 37.4 Å². The van der Waals surface area contributed by atoms with Crippen LogP contribution in [0.15, 0.2) is 48.5 Å². The number of rotatable bonds is 8. The Morgan fingerprint density at radius 2 is 1.58 bits per heavy atom. The molecule has 3 rings (SSSR count). The van der Waals surface area contributed by atoms with Gasteiger partial charge in [-0.1, -0.05) is 59.6 Å². The van der Waals surface area contributed by atoms with Crippen molar-refractivity contribution in [3.8, 4) is 0 Å².